The molecule has 0 aliphatic heterocycles. The van der Waals surface area contributed by atoms with Crippen LogP contribution < -0.4 is 10.9 Å². The van der Waals surface area contributed by atoms with E-state index in [1.165, 1.54) is 11.8 Å². The molecule has 4 aromatic rings. The fraction of sp³-hybridized carbons (Fsp3) is 0.304. The quantitative estimate of drug-likeness (QED) is 0.392. The summed E-state index contributed by atoms with van der Waals surface area (Å²) in [6.45, 7) is 5.23. The highest BCUT2D eigenvalue weighted by Crippen LogP contribution is 2.22. The summed E-state index contributed by atoms with van der Waals surface area (Å²) in [5.41, 5.74) is 1.64. The number of amides is 1. The Bertz CT molecular complexity index is 1310. The highest BCUT2D eigenvalue weighted by atomic mass is 35.5. The van der Waals surface area contributed by atoms with E-state index >= 15 is 0 Å². The molecular formula is C23H24ClN5O2S. The molecule has 4 rings (SSSR count). The summed E-state index contributed by atoms with van der Waals surface area (Å²) in [7, 11) is 0. The number of aromatic nitrogens is 4. The number of carbonyl (C=O) groups is 1. The molecule has 2 aromatic carbocycles. The van der Waals surface area contributed by atoms with Crippen LogP contribution in [0.2, 0.25) is 5.02 Å². The SMILES string of the molecule is CC(C)CCn1c(=O)c2ccccc2n2c(SCC(=O)NCc3ccc(Cl)cc3)nnc12. The van der Waals surface area contributed by atoms with Gasteiger partial charge in [-0.25, -0.2) is 0 Å². The van der Waals surface area contributed by atoms with Crippen LogP contribution in [-0.4, -0.2) is 30.8 Å². The van der Waals surface area contributed by atoms with Crippen molar-refractivity contribution in [2.24, 2.45) is 5.92 Å². The topological polar surface area (TPSA) is 81.3 Å². The first-order valence-corrected chi connectivity index (χ1v) is 11.8. The van der Waals surface area contributed by atoms with Crippen LogP contribution in [0.25, 0.3) is 16.7 Å². The molecule has 0 spiro atoms. The first kappa shape index (κ1) is 22.4. The van der Waals surface area contributed by atoms with Gasteiger partial charge in [0.1, 0.15) is 0 Å². The number of hydrogen-bond acceptors (Lipinski definition) is 5. The van der Waals surface area contributed by atoms with Crippen LogP contribution in [0.15, 0.2) is 58.5 Å². The first-order chi connectivity index (χ1) is 15.4. The maximum absolute atomic E-state index is 13.1. The van der Waals surface area contributed by atoms with Gasteiger partial charge in [0.05, 0.1) is 16.7 Å². The van der Waals surface area contributed by atoms with Gasteiger partial charge < -0.3 is 5.32 Å². The largest absolute Gasteiger partial charge is 0.351 e. The van der Waals surface area contributed by atoms with Gasteiger partial charge in [-0.05, 0) is 42.2 Å². The molecule has 0 unspecified atom stereocenters. The Morgan fingerprint density at radius 1 is 1.12 bits per heavy atom. The molecule has 0 saturated heterocycles. The van der Waals surface area contributed by atoms with Crippen LogP contribution >= 0.6 is 23.4 Å². The Morgan fingerprint density at radius 2 is 1.88 bits per heavy atom. The fourth-order valence-electron chi connectivity index (χ4n) is 3.40. The lowest BCUT2D eigenvalue weighted by molar-refractivity contribution is -0.118. The number of nitrogens with one attached hydrogen (secondary N) is 1. The first-order valence-electron chi connectivity index (χ1n) is 10.4. The van der Waals surface area contributed by atoms with Crippen molar-refractivity contribution in [2.75, 3.05) is 5.75 Å². The molecule has 0 saturated carbocycles. The van der Waals surface area contributed by atoms with Crippen molar-refractivity contribution < 1.29 is 4.79 Å². The summed E-state index contributed by atoms with van der Waals surface area (Å²) >= 11 is 7.20. The summed E-state index contributed by atoms with van der Waals surface area (Å²) in [6, 6.07) is 14.8. The number of para-hydroxylation sites is 1. The minimum Gasteiger partial charge on any atom is -0.351 e. The number of aryl methyl sites for hydroxylation is 1. The number of fused-ring (bicyclic) bond motifs is 3. The van der Waals surface area contributed by atoms with Crippen LogP contribution in [0.3, 0.4) is 0 Å². The van der Waals surface area contributed by atoms with Crippen LogP contribution in [0.1, 0.15) is 25.8 Å². The third kappa shape index (κ3) is 4.81. The smallest absolute Gasteiger partial charge is 0.262 e. The van der Waals surface area contributed by atoms with Crippen molar-refractivity contribution >= 4 is 46.0 Å². The lowest BCUT2D eigenvalue weighted by Crippen LogP contribution is -2.25. The predicted molar refractivity (Wildman–Crippen MR) is 128 cm³/mol. The zero-order valence-electron chi connectivity index (χ0n) is 17.9. The van der Waals surface area contributed by atoms with Crippen molar-refractivity contribution in [2.45, 2.75) is 38.5 Å². The molecule has 0 radical (unpaired) electrons. The minimum atomic E-state index is -0.112. The van der Waals surface area contributed by atoms with Crippen LogP contribution in [0.5, 0.6) is 0 Å². The average Bonchev–Trinajstić information content (AvgIpc) is 3.21. The third-order valence-corrected chi connectivity index (χ3v) is 6.32. The molecule has 0 aliphatic carbocycles. The Labute approximate surface area is 194 Å². The maximum Gasteiger partial charge on any atom is 0.262 e. The highest BCUT2D eigenvalue weighted by molar-refractivity contribution is 7.99. The zero-order chi connectivity index (χ0) is 22.7. The summed E-state index contributed by atoms with van der Waals surface area (Å²) in [5, 5.41) is 13.3. The van der Waals surface area contributed by atoms with Gasteiger partial charge in [-0.2, -0.15) is 0 Å². The van der Waals surface area contributed by atoms with E-state index in [0.717, 1.165) is 17.5 Å². The molecule has 1 N–H and O–H groups in total. The second-order valence-corrected chi connectivity index (χ2v) is 9.35. The molecular weight excluding hydrogens is 446 g/mol. The lowest BCUT2D eigenvalue weighted by Gasteiger charge is -2.12. The van der Waals surface area contributed by atoms with E-state index in [1.54, 1.807) is 16.7 Å². The molecule has 7 nitrogen and oxygen atoms in total. The van der Waals surface area contributed by atoms with Gasteiger partial charge in [0.15, 0.2) is 5.16 Å². The Balaban J connectivity index is 1.57. The molecule has 2 heterocycles. The van der Waals surface area contributed by atoms with Crippen LogP contribution in [0, 0.1) is 5.92 Å². The molecule has 0 atom stereocenters. The zero-order valence-corrected chi connectivity index (χ0v) is 19.5. The molecule has 1 amide bonds. The molecule has 166 valence electrons. The van der Waals surface area contributed by atoms with E-state index in [0.29, 0.717) is 40.4 Å². The molecule has 9 heteroatoms. The second-order valence-electron chi connectivity index (χ2n) is 7.97. The normalized spacial score (nSPS) is 11.5. The number of carbonyl (C=O) groups excluding carboxylic acids is 1. The summed E-state index contributed by atoms with van der Waals surface area (Å²) < 4.78 is 3.55. The number of halogens is 1. The molecule has 0 bridgehead atoms. The Hall–Kier alpha value is -2.84. The second kappa shape index (κ2) is 9.75. The van der Waals surface area contributed by atoms with E-state index in [4.69, 9.17) is 11.6 Å². The molecule has 0 fully saturated rings. The monoisotopic (exact) mass is 469 g/mol. The Kier molecular flexibility index (Phi) is 6.81. The average molecular weight is 470 g/mol. The number of rotatable bonds is 8. The van der Waals surface area contributed by atoms with Crippen LogP contribution in [0.4, 0.5) is 0 Å². The highest BCUT2D eigenvalue weighted by Gasteiger charge is 2.17. The molecule has 2 aromatic heterocycles. The summed E-state index contributed by atoms with van der Waals surface area (Å²) in [4.78, 5) is 25.5. The fourth-order valence-corrected chi connectivity index (χ4v) is 4.30. The number of hydrogen-bond donors (Lipinski definition) is 1. The van der Waals surface area contributed by atoms with Gasteiger partial charge in [0, 0.05) is 18.1 Å². The standard InChI is InChI=1S/C23H24ClN5O2S/c1-15(2)11-12-28-21(31)18-5-3-4-6-19(18)29-22(28)26-27-23(29)32-14-20(30)25-13-16-7-9-17(24)10-8-16/h3-10,15H,11-14H2,1-2H3,(H,25,30). The number of nitrogens with zero attached hydrogens (tertiary/aromatic N) is 4. The van der Waals surface area contributed by atoms with Crippen molar-refractivity contribution in [1.29, 1.82) is 0 Å². The van der Waals surface area contributed by atoms with Gasteiger partial charge in [0.25, 0.3) is 5.56 Å². The minimum absolute atomic E-state index is 0.0709. The maximum atomic E-state index is 13.1. The third-order valence-electron chi connectivity index (χ3n) is 5.14. The summed E-state index contributed by atoms with van der Waals surface area (Å²) in [5.74, 6) is 1.03. The number of thioether (sulfide) groups is 1. The predicted octanol–water partition coefficient (Wildman–Crippen LogP) is 4.15. The van der Waals surface area contributed by atoms with Crippen molar-refractivity contribution in [3.8, 4) is 0 Å². The van der Waals surface area contributed by atoms with Gasteiger partial charge in [-0.1, -0.05) is 61.5 Å². The molecule has 32 heavy (non-hydrogen) atoms. The van der Waals surface area contributed by atoms with Gasteiger partial charge in [0.2, 0.25) is 11.7 Å². The number of benzene rings is 2. The molecule has 0 aliphatic rings. The van der Waals surface area contributed by atoms with Gasteiger partial charge >= 0.3 is 0 Å². The van der Waals surface area contributed by atoms with Crippen molar-refractivity contribution in [3.05, 3.63) is 69.5 Å². The lowest BCUT2D eigenvalue weighted by atomic mass is 10.1. The van der Waals surface area contributed by atoms with Crippen molar-refractivity contribution in [3.63, 3.8) is 0 Å². The Morgan fingerprint density at radius 3 is 2.62 bits per heavy atom. The van der Waals surface area contributed by atoms with Gasteiger partial charge in [-0.3, -0.25) is 18.6 Å². The van der Waals surface area contributed by atoms with E-state index < -0.39 is 0 Å². The van der Waals surface area contributed by atoms with E-state index in [1.807, 2.05) is 40.8 Å². The van der Waals surface area contributed by atoms with E-state index in [2.05, 4.69) is 29.4 Å². The van der Waals surface area contributed by atoms with Crippen LogP contribution in [-0.2, 0) is 17.9 Å². The van der Waals surface area contributed by atoms with Crippen molar-refractivity contribution in [1.82, 2.24) is 24.5 Å². The van der Waals surface area contributed by atoms with Gasteiger partial charge in [-0.15, -0.1) is 10.2 Å². The van der Waals surface area contributed by atoms with E-state index in [9.17, 15) is 9.59 Å². The summed E-state index contributed by atoms with van der Waals surface area (Å²) in [6.07, 6.45) is 0.857. The van der Waals surface area contributed by atoms with E-state index in [-0.39, 0.29) is 17.2 Å².